The maximum Gasteiger partial charge on any atom is 0.335 e. The maximum atomic E-state index is 10.7. The van der Waals surface area contributed by atoms with Crippen LogP contribution in [0.5, 0.6) is 0 Å². The van der Waals surface area contributed by atoms with Crippen LogP contribution < -0.4 is 11.1 Å². The van der Waals surface area contributed by atoms with Crippen LogP contribution in [0.3, 0.4) is 0 Å². The molecule has 0 unspecified atom stereocenters. The summed E-state index contributed by atoms with van der Waals surface area (Å²) in [5.74, 6) is -0.979. The van der Waals surface area contributed by atoms with Gasteiger partial charge in [0.05, 0.1) is 23.5 Å². The highest BCUT2D eigenvalue weighted by Gasteiger charge is 2.05. The second-order valence-electron chi connectivity index (χ2n) is 3.66. The Morgan fingerprint density at radius 3 is 2.82 bits per heavy atom. The topological polar surface area (TPSA) is 91.1 Å². The smallest absolute Gasteiger partial charge is 0.335 e. The van der Waals surface area contributed by atoms with Gasteiger partial charge in [-0.2, -0.15) is 0 Å². The summed E-state index contributed by atoms with van der Waals surface area (Å²) in [6.45, 7) is 0.615. The Morgan fingerprint density at radius 1 is 1.41 bits per heavy atom. The Kier molecular flexibility index (Phi) is 3.00. The minimum Gasteiger partial charge on any atom is -0.478 e. The Balaban J connectivity index is 2.09. The van der Waals surface area contributed by atoms with Crippen molar-refractivity contribution in [3.8, 4) is 0 Å². The first-order valence-electron chi connectivity index (χ1n) is 5.16. The van der Waals surface area contributed by atoms with Gasteiger partial charge in [0.2, 0.25) is 0 Å². The number of carboxylic acid groups (broad SMARTS) is 1. The number of carbonyl (C=O) groups is 1. The highest BCUT2D eigenvalue weighted by atomic mass is 16.4. The number of carboxylic acids is 1. The van der Waals surface area contributed by atoms with Crippen molar-refractivity contribution in [2.24, 2.45) is 0 Å². The molecule has 1 heterocycles. The van der Waals surface area contributed by atoms with Crippen molar-refractivity contribution in [2.45, 2.75) is 6.54 Å². The van der Waals surface area contributed by atoms with Gasteiger partial charge in [0.1, 0.15) is 0 Å². The van der Waals surface area contributed by atoms with Crippen LogP contribution in [-0.4, -0.2) is 16.1 Å². The molecule has 5 heteroatoms. The second kappa shape index (κ2) is 4.61. The molecule has 0 aliphatic rings. The molecule has 1 aromatic carbocycles. The quantitative estimate of drug-likeness (QED) is 0.605. The Bertz CT molecular complexity index is 521. The summed E-state index contributed by atoms with van der Waals surface area (Å²) < 4.78 is 0. The molecule has 2 aromatic rings. The molecule has 0 aliphatic carbocycles. The van der Waals surface area contributed by atoms with Crippen LogP contribution in [0.25, 0.3) is 0 Å². The van der Waals surface area contributed by atoms with Gasteiger partial charge in [-0.1, -0.05) is 0 Å². The van der Waals surface area contributed by atoms with E-state index in [9.17, 15) is 4.79 Å². The summed E-state index contributed by atoms with van der Waals surface area (Å²) >= 11 is 0. The molecule has 0 aliphatic heterocycles. The van der Waals surface area contributed by atoms with Gasteiger partial charge in [-0.15, -0.1) is 0 Å². The van der Waals surface area contributed by atoms with E-state index in [0.29, 0.717) is 12.2 Å². The molecule has 5 nitrogen and oxygen atoms in total. The van der Waals surface area contributed by atoms with Crippen LogP contribution in [0, 0.1) is 0 Å². The summed E-state index contributed by atoms with van der Waals surface area (Å²) in [6, 6.07) is 8.50. The summed E-state index contributed by atoms with van der Waals surface area (Å²) in [5, 5.41) is 11.9. The molecule has 0 radical (unpaired) electrons. The average molecular weight is 231 g/mol. The third-order valence-electron chi connectivity index (χ3n) is 2.43. The van der Waals surface area contributed by atoms with Crippen LogP contribution >= 0.6 is 0 Å². The number of benzene rings is 1. The molecule has 0 saturated carbocycles. The second-order valence-corrected chi connectivity index (χ2v) is 3.66. The predicted octanol–water partition coefficient (Wildman–Crippen LogP) is 1.91. The van der Waals surface area contributed by atoms with Gasteiger partial charge in [-0.25, -0.2) is 4.79 Å². The number of aromatic nitrogens is 1. The van der Waals surface area contributed by atoms with Crippen LogP contribution in [0.15, 0.2) is 36.5 Å². The lowest BCUT2D eigenvalue weighted by atomic mass is 10.1. The lowest BCUT2D eigenvalue weighted by Crippen LogP contribution is -2.04. The van der Waals surface area contributed by atoms with E-state index in [0.717, 1.165) is 11.4 Å². The molecule has 17 heavy (non-hydrogen) atoms. The summed E-state index contributed by atoms with van der Waals surface area (Å²) in [5.41, 5.74) is 8.14. The van der Waals surface area contributed by atoms with Crippen molar-refractivity contribution in [3.05, 3.63) is 47.8 Å². The van der Waals surface area contributed by atoms with Gasteiger partial charge in [0.25, 0.3) is 0 Å². The van der Waals surface area contributed by atoms with Crippen molar-refractivity contribution < 1.29 is 9.90 Å². The molecule has 1 aromatic heterocycles. The Morgan fingerprint density at radius 2 is 2.24 bits per heavy atom. The average Bonchev–Trinajstić information content (AvgIpc) is 2.80. The highest BCUT2D eigenvalue weighted by molar-refractivity contribution is 5.90. The van der Waals surface area contributed by atoms with E-state index in [1.165, 1.54) is 12.1 Å². The minimum absolute atomic E-state index is 0.188. The van der Waals surface area contributed by atoms with Gasteiger partial charge in [-0.05, 0) is 30.3 Å². The number of nitrogen functional groups attached to an aromatic ring is 1. The first-order valence-corrected chi connectivity index (χ1v) is 5.16. The van der Waals surface area contributed by atoms with Crippen LogP contribution in [0.2, 0.25) is 0 Å². The number of rotatable bonds is 4. The van der Waals surface area contributed by atoms with E-state index >= 15 is 0 Å². The molecule has 88 valence electrons. The molecule has 2 rings (SSSR count). The first-order chi connectivity index (χ1) is 8.16. The molecule has 5 N–H and O–H groups in total. The number of aromatic amines is 1. The van der Waals surface area contributed by atoms with Crippen LogP contribution in [-0.2, 0) is 6.54 Å². The summed E-state index contributed by atoms with van der Waals surface area (Å²) in [6.07, 6.45) is 1.84. The molecule has 0 spiro atoms. The first kappa shape index (κ1) is 11.1. The molecular formula is C12H13N3O2. The fourth-order valence-electron chi connectivity index (χ4n) is 1.52. The number of hydrogen-bond acceptors (Lipinski definition) is 3. The third kappa shape index (κ3) is 2.57. The standard InChI is InChI=1S/C12H13N3O2/c13-10-6-8(12(16)17)3-4-11(10)15-7-9-2-1-5-14-9/h1-6,14-15H,7,13H2,(H,16,17). The zero-order valence-electron chi connectivity index (χ0n) is 9.10. The fraction of sp³-hybridized carbons (Fsp3) is 0.0833. The number of nitrogens with one attached hydrogen (secondary N) is 2. The molecule has 0 bridgehead atoms. The van der Waals surface area contributed by atoms with Gasteiger partial charge in [0, 0.05) is 11.9 Å². The lowest BCUT2D eigenvalue weighted by Gasteiger charge is -2.09. The lowest BCUT2D eigenvalue weighted by molar-refractivity contribution is 0.0697. The zero-order valence-corrected chi connectivity index (χ0v) is 9.10. The van der Waals surface area contributed by atoms with E-state index in [1.54, 1.807) is 6.07 Å². The minimum atomic E-state index is -0.979. The van der Waals surface area contributed by atoms with Gasteiger partial charge in [0.15, 0.2) is 0 Å². The van der Waals surface area contributed by atoms with Crippen molar-refractivity contribution >= 4 is 17.3 Å². The zero-order chi connectivity index (χ0) is 12.3. The molecule has 0 saturated heterocycles. The van der Waals surface area contributed by atoms with E-state index in [2.05, 4.69) is 10.3 Å². The number of hydrogen-bond donors (Lipinski definition) is 4. The van der Waals surface area contributed by atoms with E-state index in [-0.39, 0.29) is 5.56 Å². The fourth-order valence-corrected chi connectivity index (χ4v) is 1.52. The maximum absolute atomic E-state index is 10.7. The van der Waals surface area contributed by atoms with Gasteiger partial charge in [-0.3, -0.25) is 0 Å². The third-order valence-corrected chi connectivity index (χ3v) is 2.43. The Labute approximate surface area is 98.3 Å². The monoisotopic (exact) mass is 231 g/mol. The van der Waals surface area contributed by atoms with Crippen LogP contribution in [0.1, 0.15) is 16.1 Å². The normalized spacial score (nSPS) is 10.1. The van der Waals surface area contributed by atoms with Crippen molar-refractivity contribution in [2.75, 3.05) is 11.1 Å². The van der Waals surface area contributed by atoms with Gasteiger partial charge >= 0.3 is 5.97 Å². The molecule has 0 amide bonds. The van der Waals surface area contributed by atoms with Crippen molar-refractivity contribution in [3.63, 3.8) is 0 Å². The van der Waals surface area contributed by atoms with Crippen molar-refractivity contribution in [1.82, 2.24) is 4.98 Å². The highest BCUT2D eigenvalue weighted by Crippen LogP contribution is 2.20. The van der Waals surface area contributed by atoms with Gasteiger partial charge < -0.3 is 21.1 Å². The molecule has 0 fully saturated rings. The summed E-state index contributed by atoms with van der Waals surface area (Å²) in [7, 11) is 0. The Hall–Kier alpha value is -2.43. The van der Waals surface area contributed by atoms with Crippen LogP contribution in [0.4, 0.5) is 11.4 Å². The van der Waals surface area contributed by atoms with Crippen molar-refractivity contribution in [1.29, 1.82) is 0 Å². The predicted molar refractivity (Wildman–Crippen MR) is 65.9 cm³/mol. The summed E-state index contributed by atoms with van der Waals surface area (Å²) in [4.78, 5) is 13.8. The largest absolute Gasteiger partial charge is 0.478 e. The van der Waals surface area contributed by atoms with E-state index < -0.39 is 5.97 Å². The SMILES string of the molecule is Nc1cc(C(=O)O)ccc1NCc1ccc[nH]1. The number of aromatic carboxylic acids is 1. The van der Waals surface area contributed by atoms with E-state index in [1.807, 2.05) is 18.3 Å². The number of nitrogens with two attached hydrogens (primary N) is 1. The van der Waals surface area contributed by atoms with E-state index in [4.69, 9.17) is 10.8 Å². The molecular weight excluding hydrogens is 218 g/mol. The molecule has 0 atom stereocenters. The number of H-pyrrole nitrogens is 1. The number of anilines is 2.